The van der Waals surface area contributed by atoms with Crippen molar-refractivity contribution in [3.63, 3.8) is 0 Å². The van der Waals surface area contributed by atoms with E-state index in [9.17, 15) is 9.59 Å². The average Bonchev–Trinajstić information content (AvgIpc) is 3.00. The number of anilines is 1. The highest BCUT2D eigenvalue weighted by atomic mass is 16.5. The van der Waals surface area contributed by atoms with Crippen LogP contribution >= 0.6 is 0 Å². The van der Waals surface area contributed by atoms with E-state index in [1.165, 1.54) is 21.3 Å². The topological polar surface area (TPSA) is 83.1 Å². The van der Waals surface area contributed by atoms with Gasteiger partial charge in [0.15, 0.2) is 18.1 Å². The molecule has 4 aromatic rings. The lowest BCUT2D eigenvalue weighted by molar-refractivity contribution is -0.141. The summed E-state index contributed by atoms with van der Waals surface area (Å²) in [5, 5.41) is 2.82. The lowest BCUT2D eigenvalue weighted by Gasteiger charge is -2.14. The van der Waals surface area contributed by atoms with Crippen LogP contribution in [-0.4, -0.2) is 39.8 Å². The van der Waals surface area contributed by atoms with Crippen LogP contribution in [0.15, 0.2) is 84.9 Å². The highest BCUT2D eigenvalue weighted by Gasteiger charge is 2.19. The third kappa shape index (κ3) is 7.13. The standard InChI is InChI=1S/C34H33NO6/c1-22-11-12-23(2)29(17-22)35-32(36)21-41-34(37)28(18-24-19-30(38-3)33(40-5)31(20-24)39-4)27-15-13-26(14-16-27)25-9-7-6-8-10-25/h6-20H,21H2,1-5H3,(H,35,36). The van der Waals surface area contributed by atoms with Crippen molar-refractivity contribution in [2.45, 2.75) is 13.8 Å². The highest BCUT2D eigenvalue weighted by molar-refractivity contribution is 6.22. The monoisotopic (exact) mass is 551 g/mol. The van der Waals surface area contributed by atoms with Crippen molar-refractivity contribution in [3.8, 4) is 28.4 Å². The van der Waals surface area contributed by atoms with Gasteiger partial charge < -0.3 is 24.3 Å². The number of hydrogen-bond donors (Lipinski definition) is 1. The van der Waals surface area contributed by atoms with Crippen molar-refractivity contribution in [2.24, 2.45) is 0 Å². The van der Waals surface area contributed by atoms with Crippen molar-refractivity contribution in [1.29, 1.82) is 0 Å². The quantitative estimate of drug-likeness (QED) is 0.134. The summed E-state index contributed by atoms with van der Waals surface area (Å²) in [7, 11) is 4.57. The van der Waals surface area contributed by atoms with Crippen LogP contribution in [0, 0.1) is 13.8 Å². The van der Waals surface area contributed by atoms with Crippen LogP contribution in [0.2, 0.25) is 0 Å². The number of benzene rings is 4. The second kappa shape index (κ2) is 13.3. The number of nitrogens with one attached hydrogen (secondary N) is 1. The smallest absolute Gasteiger partial charge is 0.339 e. The van der Waals surface area contributed by atoms with Crippen LogP contribution in [0.25, 0.3) is 22.8 Å². The summed E-state index contributed by atoms with van der Waals surface area (Å²) in [5.41, 5.74) is 6.17. The molecule has 0 spiro atoms. The second-order valence-electron chi connectivity index (χ2n) is 9.40. The van der Waals surface area contributed by atoms with E-state index in [4.69, 9.17) is 18.9 Å². The van der Waals surface area contributed by atoms with Crippen molar-refractivity contribution in [1.82, 2.24) is 0 Å². The van der Waals surface area contributed by atoms with Crippen LogP contribution in [0.5, 0.6) is 17.2 Å². The molecule has 4 rings (SSSR count). The van der Waals surface area contributed by atoms with Gasteiger partial charge in [0, 0.05) is 5.69 Å². The van der Waals surface area contributed by atoms with E-state index in [0.29, 0.717) is 34.1 Å². The van der Waals surface area contributed by atoms with Crippen LogP contribution in [0.3, 0.4) is 0 Å². The molecule has 1 N–H and O–H groups in total. The summed E-state index contributed by atoms with van der Waals surface area (Å²) >= 11 is 0. The van der Waals surface area contributed by atoms with Crippen molar-refractivity contribution >= 4 is 29.2 Å². The van der Waals surface area contributed by atoms with Gasteiger partial charge in [0.25, 0.3) is 5.91 Å². The number of hydrogen-bond acceptors (Lipinski definition) is 6. The normalized spacial score (nSPS) is 11.0. The Kier molecular flexibility index (Phi) is 9.43. The van der Waals surface area contributed by atoms with E-state index in [0.717, 1.165) is 22.3 Å². The zero-order valence-electron chi connectivity index (χ0n) is 23.8. The van der Waals surface area contributed by atoms with Gasteiger partial charge in [-0.15, -0.1) is 0 Å². The largest absolute Gasteiger partial charge is 0.493 e. The first kappa shape index (κ1) is 29.0. The number of carbonyl (C=O) groups is 2. The predicted octanol–water partition coefficient (Wildman–Crippen LogP) is 6.72. The van der Waals surface area contributed by atoms with Crippen molar-refractivity contribution in [2.75, 3.05) is 33.3 Å². The van der Waals surface area contributed by atoms with E-state index >= 15 is 0 Å². The summed E-state index contributed by atoms with van der Waals surface area (Å²) in [4.78, 5) is 26.1. The fourth-order valence-corrected chi connectivity index (χ4v) is 4.35. The molecule has 7 nitrogen and oxygen atoms in total. The first-order valence-corrected chi connectivity index (χ1v) is 13.0. The molecule has 0 aromatic heterocycles. The molecular formula is C34H33NO6. The number of amides is 1. The van der Waals surface area contributed by atoms with Gasteiger partial charge in [0.2, 0.25) is 5.75 Å². The molecule has 0 heterocycles. The minimum atomic E-state index is -0.651. The SMILES string of the molecule is COc1cc(C=C(C(=O)OCC(=O)Nc2cc(C)ccc2C)c2ccc(-c3ccccc3)cc2)cc(OC)c1OC. The maximum absolute atomic E-state index is 13.5. The Bertz CT molecular complexity index is 1530. The molecule has 0 saturated carbocycles. The molecule has 0 aliphatic rings. The zero-order valence-corrected chi connectivity index (χ0v) is 23.8. The van der Waals surface area contributed by atoms with Crippen molar-refractivity contribution < 1.29 is 28.5 Å². The average molecular weight is 552 g/mol. The summed E-state index contributed by atoms with van der Waals surface area (Å²) < 4.78 is 21.9. The molecular weight excluding hydrogens is 518 g/mol. The first-order chi connectivity index (χ1) is 19.8. The van der Waals surface area contributed by atoms with Gasteiger partial charge in [-0.2, -0.15) is 0 Å². The van der Waals surface area contributed by atoms with Gasteiger partial charge in [-0.05, 0) is 71.5 Å². The molecule has 0 atom stereocenters. The minimum Gasteiger partial charge on any atom is -0.493 e. The van der Waals surface area contributed by atoms with E-state index in [1.807, 2.05) is 86.6 Å². The summed E-state index contributed by atoms with van der Waals surface area (Å²) in [6.07, 6.45) is 1.67. The van der Waals surface area contributed by atoms with E-state index in [1.54, 1.807) is 18.2 Å². The molecule has 7 heteroatoms. The maximum Gasteiger partial charge on any atom is 0.339 e. The summed E-state index contributed by atoms with van der Waals surface area (Å²) in [5.74, 6) is 0.240. The molecule has 0 aliphatic heterocycles. The number of ether oxygens (including phenoxy) is 4. The third-order valence-electron chi connectivity index (χ3n) is 6.52. The fraction of sp³-hybridized carbons (Fsp3) is 0.176. The number of methoxy groups -OCH3 is 3. The molecule has 0 saturated heterocycles. The maximum atomic E-state index is 13.5. The van der Waals surface area contributed by atoms with E-state index in [2.05, 4.69) is 5.32 Å². The Morgan fingerprint density at radius 3 is 2.00 bits per heavy atom. The highest BCUT2D eigenvalue weighted by Crippen LogP contribution is 2.39. The molecule has 41 heavy (non-hydrogen) atoms. The fourth-order valence-electron chi connectivity index (χ4n) is 4.35. The van der Waals surface area contributed by atoms with Gasteiger partial charge >= 0.3 is 5.97 Å². The molecule has 0 aliphatic carbocycles. The van der Waals surface area contributed by atoms with Gasteiger partial charge in [-0.1, -0.05) is 66.7 Å². The molecule has 0 radical (unpaired) electrons. The van der Waals surface area contributed by atoms with Crippen LogP contribution in [-0.2, 0) is 14.3 Å². The number of aryl methyl sites for hydroxylation is 2. The molecule has 0 bridgehead atoms. The van der Waals surface area contributed by atoms with Crippen LogP contribution in [0.1, 0.15) is 22.3 Å². The Balaban J connectivity index is 1.65. The van der Waals surface area contributed by atoms with Gasteiger partial charge in [-0.25, -0.2) is 4.79 Å². The minimum absolute atomic E-state index is 0.262. The third-order valence-corrected chi connectivity index (χ3v) is 6.52. The molecule has 210 valence electrons. The van der Waals surface area contributed by atoms with E-state index < -0.39 is 18.5 Å². The molecule has 1 amide bonds. The summed E-state index contributed by atoms with van der Waals surface area (Å²) in [6.45, 7) is 3.40. The molecule has 4 aromatic carbocycles. The number of rotatable bonds is 10. The lowest BCUT2D eigenvalue weighted by Crippen LogP contribution is -2.21. The van der Waals surface area contributed by atoms with Gasteiger partial charge in [-0.3, -0.25) is 4.79 Å². The number of esters is 1. The Morgan fingerprint density at radius 1 is 0.756 bits per heavy atom. The lowest BCUT2D eigenvalue weighted by atomic mass is 9.98. The first-order valence-electron chi connectivity index (χ1n) is 13.0. The zero-order chi connectivity index (χ0) is 29.4. The predicted molar refractivity (Wildman–Crippen MR) is 161 cm³/mol. The molecule has 0 fully saturated rings. The Hall–Kier alpha value is -5.04. The van der Waals surface area contributed by atoms with Crippen LogP contribution < -0.4 is 19.5 Å². The van der Waals surface area contributed by atoms with E-state index in [-0.39, 0.29) is 5.57 Å². The number of carbonyl (C=O) groups excluding carboxylic acids is 2. The van der Waals surface area contributed by atoms with Gasteiger partial charge in [0.1, 0.15) is 0 Å². The van der Waals surface area contributed by atoms with Crippen LogP contribution in [0.4, 0.5) is 5.69 Å². The molecule has 0 unspecified atom stereocenters. The Labute approximate surface area is 240 Å². The van der Waals surface area contributed by atoms with Gasteiger partial charge in [0.05, 0.1) is 26.9 Å². The van der Waals surface area contributed by atoms with Crippen molar-refractivity contribution in [3.05, 3.63) is 107 Å². The second-order valence-corrected chi connectivity index (χ2v) is 9.40. The summed E-state index contributed by atoms with van der Waals surface area (Å²) in [6, 6.07) is 26.8. The Morgan fingerprint density at radius 2 is 1.39 bits per heavy atom.